The molecular formula is C14H27N. The maximum Gasteiger partial charge on any atom is 0.00388 e. The van der Waals surface area contributed by atoms with Crippen LogP contribution in [0.3, 0.4) is 0 Å². The van der Waals surface area contributed by atoms with Gasteiger partial charge in [-0.2, -0.15) is 0 Å². The Hall–Kier alpha value is -0.0400. The number of nitrogens with two attached hydrogens (primary N) is 1. The molecule has 2 N–H and O–H groups in total. The van der Waals surface area contributed by atoms with Gasteiger partial charge in [0, 0.05) is 6.04 Å². The summed E-state index contributed by atoms with van der Waals surface area (Å²) in [5.41, 5.74) is 6.73. The molecule has 0 aromatic heterocycles. The molecule has 2 rings (SSSR count). The molecule has 2 saturated carbocycles. The van der Waals surface area contributed by atoms with E-state index in [-0.39, 0.29) is 0 Å². The van der Waals surface area contributed by atoms with Crippen LogP contribution in [-0.2, 0) is 0 Å². The zero-order valence-electron chi connectivity index (χ0n) is 10.3. The van der Waals surface area contributed by atoms with E-state index in [1.54, 1.807) is 0 Å². The highest BCUT2D eigenvalue weighted by atomic mass is 14.6. The van der Waals surface area contributed by atoms with E-state index in [9.17, 15) is 0 Å². The Balaban J connectivity index is 1.91. The quantitative estimate of drug-likeness (QED) is 0.697. The normalized spacial score (nSPS) is 37.2. The average molecular weight is 209 g/mol. The monoisotopic (exact) mass is 209 g/mol. The van der Waals surface area contributed by atoms with Gasteiger partial charge < -0.3 is 5.73 Å². The molecule has 0 saturated heterocycles. The van der Waals surface area contributed by atoms with E-state index in [1.807, 2.05) is 0 Å². The van der Waals surface area contributed by atoms with Gasteiger partial charge >= 0.3 is 0 Å². The maximum absolute atomic E-state index is 6.04. The van der Waals surface area contributed by atoms with Crippen LogP contribution in [0.5, 0.6) is 0 Å². The fraction of sp³-hybridized carbons (Fsp3) is 1.00. The minimum atomic E-state index is 0.502. The van der Waals surface area contributed by atoms with Crippen molar-refractivity contribution in [3.8, 4) is 0 Å². The number of hydrogen-bond acceptors (Lipinski definition) is 1. The summed E-state index contributed by atoms with van der Waals surface area (Å²) in [6.45, 7) is 2.55. The lowest BCUT2D eigenvalue weighted by Crippen LogP contribution is -2.28. The van der Waals surface area contributed by atoms with E-state index >= 15 is 0 Å². The summed E-state index contributed by atoms with van der Waals surface area (Å²) in [4.78, 5) is 0. The van der Waals surface area contributed by atoms with Gasteiger partial charge in [-0.25, -0.2) is 0 Å². The van der Waals surface area contributed by atoms with E-state index in [1.165, 1.54) is 64.2 Å². The van der Waals surface area contributed by atoms with Crippen LogP contribution in [0.2, 0.25) is 0 Å². The molecule has 2 aliphatic rings. The minimum absolute atomic E-state index is 0.502. The van der Waals surface area contributed by atoms with Crippen molar-refractivity contribution in [1.82, 2.24) is 0 Å². The molecule has 0 atom stereocenters. The Bertz CT molecular complexity index is 184. The highest BCUT2D eigenvalue weighted by Gasteiger charge is 2.36. The molecular weight excluding hydrogens is 182 g/mol. The zero-order valence-corrected chi connectivity index (χ0v) is 10.3. The predicted molar refractivity (Wildman–Crippen MR) is 65.7 cm³/mol. The van der Waals surface area contributed by atoms with Gasteiger partial charge in [-0.3, -0.25) is 0 Å². The smallest absolute Gasteiger partial charge is 0.00388 e. The molecule has 0 spiro atoms. The lowest BCUT2D eigenvalue weighted by molar-refractivity contribution is 0.153. The molecule has 0 unspecified atom stereocenters. The van der Waals surface area contributed by atoms with E-state index in [4.69, 9.17) is 5.73 Å². The first-order chi connectivity index (χ1) is 7.21. The van der Waals surface area contributed by atoms with Crippen molar-refractivity contribution in [3.05, 3.63) is 0 Å². The molecule has 2 aliphatic carbocycles. The molecule has 0 aliphatic heterocycles. The Labute approximate surface area is 94.8 Å². The van der Waals surface area contributed by atoms with E-state index in [0.717, 1.165) is 5.92 Å². The van der Waals surface area contributed by atoms with E-state index in [0.29, 0.717) is 11.5 Å². The Morgan fingerprint density at radius 3 is 1.93 bits per heavy atom. The predicted octanol–water partition coefficient (Wildman–Crippen LogP) is 3.86. The highest BCUT2D eigenvalue weighted by Crippen LogP contribution is 2.48. The Morgan fingerprint density at radius 1 is 0.867 bits per heavy atom. The van der Waals surface area contributed by atoms with Gasteiger partial charge in [0.15, 0.2) is 0 Å². The van der Waals surface area contributed by atoms with Crippen molar-refractivity contribution in [1.29, 1.82) is 0 Å². The van der Waals surface area contributed by atoms with Crippen LogP contribution in [0.15, 0.2) is 0 Å². The third kappa shape index (κ3) is 2.75. The molecule has 2 fully saturated rings. The van der Waals surface area contributed by atoms with Gasteiger partial charge in [0.05, 0.1) is 0 Å². The first kappa shape index (κ1) is 11.4. The van der Waals surface area contributed by atoms with Crippen LogP contribution in [0.4, 0.5) is 0 Å². The third-order valence-corrected chi connectivity index (χ3v) is 4.99. The van der Waals surface area contributed by atoms with E-state index in [2.05, 4.69) is 6.92 Å². The maximum atomic E-state index is 6.04. The molecule has 0 amide bonds. The van der Waals surface area contributed by atoms with Crippen molar-refractivity contribution in [2.75, 3.05) is 0 Å². The molecule has 0 heterocycles. The molecule has 1 nitrogen and oxygen atoms in total. The molecule has 0 bridgehead atoms. The Kier molecular flexibility index (Phi) is 3.71. The fourth-order valence-electron chi connectivity index (χ4n) is 3.83. The summed E-state index contributed by atoms with van der Waals surface area (Å²) < 4.78 is 0. The molecule has 88 valence electrons. The largest absolute Gasteiger partial charge is 0.328 e. The van der Waals surface area contributed by atoms with Crippen LogP contribution in [0.25, 0.3) is 0 Å². The number of rotatable bonds is 1. The van der Waals surface area contributed by atoms with Crippen molar-refractivity contribution >= 4 is 0 Å². The van der Waals surface area contributed by atoms with Crippen molar-refractivity contribution in [2.24, 2.45) is 17.1 Å². The minimum Gasteiger partial charge on any atom is -0.328 e. The highest BCUT2D eigenvalue weighted by molar-refractivity contribution is 4.88. The molecule has 0 aromatic rings. The van der Waals surface area contributed by atoms with Crippen molar-refractivity contribution in [2.45, 2.75) is 77.2 Å². The fourth-order valence-corrected chi connectivity index (χ4v) is 3.83. The van der Waals surface area contributed by atoms with Gasteiger partial charge in [-0.1, -0.05) is 32.6 Å². The molecule has 0 radical (unpaired) electrons. The second kappa shape index (κ2) is 4.86. The van der Waals surface area contributed by atoms with Gasteiger partial charge in [0.25, 0.3) is 0 Å². The van der Waals surface area contributed by atoms with Crippen LogP contribution in [0.1, 0.15) is 71.1 Å². The van der Waals surface area contributed by atoms with Crippen LogP contribution < -0.4 is 5.73 Å². The first-order valence-electron chi connectivity index (χ1n) is 6.96. The van der Waals surface area contributed by atoms with Gasteiger partial charge in [-0.15, -0.1) is 0 Å². The summed E-state index contributed by atoms with van der Waals surface area (Å²) in [6.07, 6.45) is 14.1. The molecule has 0 aromatic carbocycles. The topological polar surface area (TPSA) is 26.0 Å². The summed E-state index contributed by atoms with van der Waals surface area (Å²) in [5, 5.41) is 0. The SMILES string of the molecule is CC1(C2CCCC(N)CCC2)CCCC1. The van der Waals surface area contributed by atoms with Crippen molar-refractivity contribution < 1.29 is 0 Å². The zero-order chi connectivity index (χ0) is 10.7. The molecule has 15 heavy (non-hydrogen) atoms. The lowest BCUT2D eigenvalue weighted by Gasteiger charge is -2.36. The lowest BCUT2D eigenvalue weighted by atomic mass is 9.70. The first-order valence-corrected chi connectivity index (χ1v) is 6.96. The van der Waals surface area contributed by atoms with E-state index < -0.39 is 0 Å². The summed E-state index contributed by atoms with van der Waals surface area (Å²) in [6, 6.07) is 0.502. The van der Waals surface area contributed by atoms with Gasteiger partial charge in [0.1, 0.15) is 0 Å². The van der Waals surface area contributed by atoms with Gasteiger partial charge in [-0.05, 0) is 49.9 Å². The Morgan fingerprint density at radius 2 is 1.40 bits per heavy atom. The van der Waals surface area contributed by atoms with Gasteiger partial charge in [0.2, 0.25) is 0 Å². The second-order valence-electron chi connectivity index (χ2n) is 6.18. The van der Waals surface area contributed by atoms with Crippen molar-refractivity contribution in [3.63, 3.8) is 0 Å². The summed E-state index contributed by atoms with van der Waals surface area (Å²) in [5.74, 6) is 1.01. The number of hydrogen-bond donors (Lipinski definition) is 1. The van der Waals surface area contributed by atoms with Crippen LogP contribution in [-0.4, -0.2) is 6.04 Å². The second-order valence-corrected chi connectivity index (χ2v) is 6.18. The summed E-state index contributed by atoms with van der Waals surface area (Å²) >= 11 is 0. The summed E-state index contributed by atoms with van der Waals surface area (Å²) in [7, 11) is 0. The van der Waals surface area contributed by atoms with Crippen LogP contribution in [0, 0.1) is 11.3 Å². The standard InChI is InChI=1S/C14H27N/c1-14(10-2-3-11-14)12-6-4-8-13(15)9-5-7-12/h12-13H,2-11,15H2,1H3. The molecule has 1 heteroatoms. The average Bonchev–Trinajstić information content (AvgIpc) is 2.59. The third-order valence-electron chi connectivity index (χ3n) is 4.99. The van der Waals surface area contributed by atoms with Crippen LogP contribution >= 0.6 is 0 Å².